The highest BCUT2D eigenvalue weighted by Crippen LogP contribution is 2.37. The summed E-state index contributed by atoms with van der Waals surface area (Å²) in [5.74, 6) is 0.898. The summed E-state index contributed by atoms with van der Waals surface area (Å²) >= 11 is 1.93. The zero-order valence-corrected chi connectivity index (χ0v) is 11.3. The maximum atomic E-state index is 6.02. The molecule has 94 valence electrons. The van der Waals surface area contributed by atoms with Gasteiger partial charge in [0.2, 0.25) is 0 Å². The van der Waals surface area contributed by atoms with E-state index < -0.39 is 0 Å². The zero-order chi connectivity index (χ0) is 12.1. The Balaban J connectivity index is 2.05. The van der Waals surface area contributed by atoms with Crippen molar-refractivity contribution < 1.29 is 4.74 Å². The van der Waals surface area contributed by atoms with Crippen LogP contribution in [0.4, 0.5) is 5.69 Å². The first-order valence-electron chi connectivity index (χ1n) is 6.40. The standard InChI is InChI=1S/C14H21NOS/c1-16-11-8-9-13(15)14(10-11)17-12-6-4-2-3-5-7-12/h8-10,12H,2-7,15H2,1H3. The number of rotatable bonds is 3. The maximum Gasteiger partial charge on any atom is 0.120 e. The number of thioether (sulfide) groups is 1. The SMILES string of the molecule is COc1ccc(N)c(SC2CCCCCC2)c1. The molecule has 0 bridgehead atoms. The lowest BCUT2D eigenvalue weighted by Gasteiger charge is -2.15. The number of hydrogen-bond acceptors (Lipinski definition) is 3. The summed E-state index contributed by atoms with van der Waals surface area (Å²) in [5.41, 5.74) is 6.90. The fourth-order valence-corrected chi connectivity index (χ4v) is 3.60. The number of hydrogen-bond donors (Lipinski definition) is 1. The van der Waals surface area contributed by atoms with Gasteiger partial charge >= 0.3 is 0 Å². The molecular weight excluding hydrogens is 230 g/mol. The van der Waals surface area contributed by atoms with Gasteiger partial charge in [-0.3, -0.25) is 0 Å². The first-order valence-corrected chi connectivity index (χ1v) is 7.28. The van der Waals surface area contributed by atoms with Gasteiger partial charge in [-0.2, -0.15) is 0 Å². The topological polar surface area (TPSA) is 35.2 Å². The molecule has 0 saturated heterocycles. The Hall–Kier alpha value is -0.830. The van der Waals surface area contributed by atoms with E-state index in [1.165, 1.54) is 43.4 Å². The van der Waals surface area contributed by atoms with Crippen LogP contribution in [0.25, 0.3) is 0 Å². The highest BCUT2D eigenvalue weighted by molar-refractivity contribution is 8.00. The average molecular weight is 251 g/mol. The van der Waals surface area contributed by atoms with Gasteiger partial charge in [0.1, 0.15) is 5.75 Å². The lowest BCUT2D eigenvalue weighted by Crippen LogP contribution is -2.01. The number of benzene rings is 1. The summed E-state index contributed by atoms with van der Waals surface area (Å²) in [5, 5.41) is 0.729. The second kappa shape index (κ2) is 6.20. The summed E-state index contributed by atoms with van der Waals surface area (Å²) < 4.78 is 5.25. The highest BCUT2D eigenvalue weighted by Gasteiger charge is 2.15. The van der Waals surface area contributed by atoms with E-state index in [0.717, 1.165) is 16.7 Å². The van der Waals surface area contributed by atoms with Crippen LogP contribution in [0.3, 0.4) is 0 Å². The van der Waals surface area contributed by atoms with E-state index in [-0.39, 0.29) is 0 Å². The van der Waals surface area contributed by atoms with Gasteiger partial charge in [0.15, 0.2) is 0 Å². The summed E-state index contributed by atoms with van der Waals surface area (Å²) in [6.45, 7) is 0. The molecule has 1 aromatic rings. The van der Waals surface area contributed by atoms with Gasteiger partial charge in [-0.05, 0) is 31.0 Å². The predicted octanol–water partition coefficient (Wildman–Crippen LogP) is 4.09. The number of nitrogens with two attached hydrogens (primary N) is 1. The van der Waals surface area contributed by atoms with Crippen LogP contribution in [0.1, 0.15) is 38.5 Å². The van der Waals surface area contributed by atoms with Crippen LogP contribution >= 0.6 is 11.8 Å². The molecule has 0 radical (unpaired) electrons. The van der Waals surface area contributed by atoms with Crippen LogP contribution in [0.2, 0.25) is 0 Å². The van der Waals surface area contributed by atoms with E-state index in [1.54, 1.807) is 7.11 Å². The van der Waals surface area contributed by atoms with Gasteiger partial charge in [-0.1, -0.05) is 25.7 Å². The second-order valence-corrected chi connectivity index (χ2v) is 5.98. The number of ether oxygens (including phenoxy) is 1. The van der Waals surface area contributed by atoms with E-state index in [9.17, 15) is 0 Å². The molecule has 1 aliphatic carbocycles. The molecule has 2 rings (SSSR count). The van der Waals surface area contributed by atoms with Gasteiger partial charge in [-0.25, -0.2) is 0 Å². The third kappa shape index (κ3) is 3.56. The Morgan fingerprint density at radius 3 is 2.53 bits per heavy atom. The Morgan fingerprint density at radius 2 is 1.88 bits per heavy atom. The van der Waals surface area contributed by atoms with Crippen molar-refractivity contribution in [1.82, 2.24) is 0 Å². The molecule has 0 amide bonds. The lowest BCUT2D eigenvalue weighted by atomic mass is 10.2. The molecule has 17 heavy (non-hydrogen) atoms. The normalized spacial score (nSPS) is 17.7. The molecular formula is C14H21NOS. The van der Waals surface area contributed by atoms with Crippen molar-refractivity contribution in [3.8, 4) is 5.75 Å². The maximum absolute atomic E-state index is 6.02. The fraction of sp³-hybridized carbons (Fsp3) is 0.571. The Bertz CT molecular complexity index is 359. The summed E-state index contributed by atoms with van der Waals surface area (Å²) in [7, 11) is 1.70. The third-order valence-electron chi connectivity index (χ3n) is 3.32. The number of anilines is 1. The van der Waals surface area contributed by atoms with Crippen molar-refractivity contribution in [3.63, 3.8) is 0 Å². The van der Waals surface area contributed by atoms with E-state index in [4.69, 9.17) is 10.5 Å². The Labute approximate surface area is 108 Å². The molecule has 0 atom stereocenters. The molecule has 2 nitrogen and oxygen atoms in total. The second-order valence-electron chi connectivity index (χ2n) is 4.64. The smallest absolute Gasteiger partial charge is 0.120 e. The minimum atomic E-state index is 0.729. The van der Waals surface area contributed by atoms with Crippen LogP contribution in [-0.4, -0.2) is 12.4 Å². The lowest BCUT2D eigenvalue weighted by molar-refractivity contribution is 0.414. The van der Waals surface area contributed by atoms with Gasteiger partial charge in [0.05, 0.1) is 7.11 Å². The monoisotopic (exact) mass is 251 g/mol. The van der Waals surface area contributed by atoms with Gasteiger partial charge in [-0.15, -0.1) is 11.8 Å². The van der Waals surface area contributed by atoms with Crippen molar-refractivity contribution in [2.45, 2.75) is 48.7 Å². The van der Waals surface area contributed by atoms with Gasteiger partial charge in [0.25, 0.3) is 0 Å². The molecule has 0 aliphatic heterocycles. The largest absolute Gasteiger partial charge is 0.497 e. The van der Waals surface area contributed by atoms with E-state index in [0.29, 0.717) is 0 Å². The van der Waals surface area contributed by atoms with Crippen molar-refractivity contribution in [1.29, 1.82) is 0 Å². The molecule has 1 fully saturated rings. The summed E-state index contributed by atoms with van der Waals surface area (Å²) in [6, 6.07) is 5.93. The first-order chi connectivity index (χ1) is 8.29. The first kappa shape index (κ1) is 12.6. The van der Waals surface area contributed by atoms with Crippen LogP contribution < -0.4 is 10.5 Å². The van der Waals surface area contributed by atoms with Crippen LogP contribution in [0.5, 0.6) is 5.75 Å². The number of nitrogen functional groups attached to an aromatic ring is 1. The van der Waals surface area contributed by atoms with E-state index in [1.807, 2.05) is 23.9 Å². The molecule has 3 heteroatoms. The Morgan fingerprint density at radius 1 is 1.18 bits per heavy atom. The predicted molar refractivity (Wildman–Crippen MR) is 74.8 cm³/mol. The van der Waals surface area contributed by atoms with Gasteiger partial charge in [0, 0.05) is 15.8 Å². The van der Waals surface area contributed by atoms with E-state index in [2.05, 4.69) is 6.07 Å². The molecule has 0 spiro atoms. The molecule has 1 saturated carbocycles. The molecule has 0 unspecified atom stereocenters. The van der Waals surface area contributed by atoms with Gasteiger partial charge < -0.3 is 10.5 Å². The molecule has 1 aromatic carbocycles. The van der Waals surface area contributed by atoms with Crippen LogP contribution in [0.15, 0.2) is 23.1 Å². The fourth-order valence-electron chi connectivity index (χ4n) is 2.28. The summed E-state index contributed by atoms with van der Waals surface area (Å²) in [6.07, 6.45) is 8.15. The van der Waals surface area contributed by atoms with Crippen molar-refractivity contribution >= 4 is 17.4 Å². The van der Waals surface area contributed by atoms with Crippen LogP contribution in [-0.2, 0) is 0 Å². The van der Waals surface area contributed by atoms with Crippen molar-refractivity contribution in [3.05, 3.63) is 18.2 Å². The quantitative estimate of drug-likeness (QED) is 0.649. The molecule has 0 heterocycles. The average Bonchev–Trinajstić information content (AvgIpc) is 2.60. The highest BCUT2D eigenvalue weighted by atomic mass is 32.2. The third-order valence-corrected chi connectivity index (χ3v) is 4.73. The van der Waals surface area contributed by atoms with Crippen LogP contribution in [0, 0.1) is 0 Å². The molecule has 2 N–H and O–H groups in total. The molecule has 1 aliphatic rings. The van der Waals surface area contributed by atoms with Crippen molar-refractivity contribution in [2.75, 3.05) is 12.8 Å². The minimum Gasteiger partial charge on any atom is -0.497 e. The minimum absolute atomic E-state index is 0.729. The molecule has 0 aromatic heterocycles. The number of methoxy groups -OCH3 is 1. The van der Waals surface area contributed by atoms with Crippen molar-refractivity contribution in [2.24, 2.45) is 0 Å². The summed E-state index contributed by atoms with van der Waals surface area (Å²) in [4.78, 5) is 1.18. The van der Waals surface area contributed by atoms with E-state index >= 15 is 0 Å². The Kier molecular flexibility index (Phi) is 4.60. The zero-order valence-electron chi connectivity index (χ0n) is 10.4.